The molecule has 10 nitrogen and oxygen atoms in total. The van der Waals surface area contributed by atoms with E-state index in [1.807, 2.05) is 24.3 Å². The zero-order chi connectivity index (χ0) is 27.2. The fraction of sp³-hybridized carbons (Fsp3) is 0.241. The van der Waals surface area contributed by atoms with Crippen molar-refractivity contribution in [1.29, 1.82) is 10.5 Å². The Balaban J connectivity index is 1.37. The lowest BCUT2D eigenvalue weighted by molar-refractivity contribution is 0.122. The van der Waals surface area contributed by atoms with E-state index in [0.717, 1.165) is 24.5 Å². The van der Waals surface area contributed by atoms with Crippen molar-refractivity contribution in [3.8, 4) is 29.4 Å². The number of benzene rings is 3. The average molecular weight is 523 g/mol. The van der Waals surface area contributed by atoms with E-state index in [4.69, 9.17) is 23.9 Å². The first-order valence-corrected chi connectivity index (χ1v) is 12.3. The molecule has 0 aliphatic carbocycles. The number of morpholine rings is 1. The molecular weight excluding hydrogens is 496 g/mol. The summed E-state index contributed by atoms with van der Waals surface area (Å²) in [5.74, 6) is 2.30. The predicted molar refractivity (Wildman–Crippen MR) is 146 cm³/mol. The van der Waals surface area contributed by atoms with E-state index in [-0.39, 0.29) is 6.61 Å². The topological polar surface area (TPSA) is 126 Å². The van der Waals surface area contributed by atoms with Gasteiger partial charge in [-0.3, -0.25) is 4.98 Å². The Labute approximate surface area is 225 Å². The molecule has 0 atom stereocenters. The van der Waals surface area contributed by atoms with Crippen LogP contribution in [0.15, 0.2) is 54.7 Å². The number of hydrogen-bond donors (Lipinski definition) is 1. The molecule has 1 aliphatic rings. The van der Waals surface area contributed by atoms with Gasteiger partial charge in [-0.25, -0.2) is 4.98 Å². The van der Waals surface area contributed by atoms with Crippen LogP contribution in [0.3, 0.4) is 0 Å². The van der Waals surface area contributed by atoms with Crippen LogP contribution in [0.1, 0.15) is 16.7 Å². The van der Waals surface area contributed by atoms with Crippen LogP contribution >= 0.6 is 0 Å². The summed E-state index contributed by atoms with van der Waals surface area (Å²) in [5, 5.41) is 22.7. The van der Waals surface area contributed by atoms with Crippen molar-refractivity contribution in [3.05, 3.63) is 71.4 Å². The van der Waals surface area contributed by atoms with Gasteiger partial charge >= 0.3 is 0 Å². The third-order valence-corrected chi connectivity index (χ3v) is 6.37. The molecule has 1 aromatic heterocycles. The second-order valence-electron chi connectivity index (χ2n) is 8.72. The molecule has 0 spiro atoms. The normalized spacial score (nSPS) is 12.9. The monoisotopic (exact) mass is 522 g/mol. The summed E-state index contributed by atoms with van der Waals surface area (Å²) in [6.07, 6.45) is 1.73. The zero-order valence-corrected chi connectivity index (χ0v) is 21.6. The van der Waals surface area contributed by atoms with Gasteiger partial charge in [0.25, 0.3) is 0 Å². The molecular formula is C29H26N6O4. The first-order valence-electron chi connectivity index (χ1n) is 12.3. The van der Waals surface area contributed by atoms with Gasteiger partial charge in [0.05, 0.1) is 50.4 Å². The smallest absolute Gasteiger partial charge is 0.162 e. The van der Waals surface area contributed by atoms with E-state index in [2.05, 4.69) is 27.3 Å². The molecule has 4 aromatic rings. The lowest BCUT2D eigenvalue weighted by Gasteiger charge is -2.27. The van der Waals surface area contributed by atoms with Crippen molar-refractivity contribution in [3.63, 3.8) is 0 Å². The van der Waals surface area contributed by atoms with Gasteiger partial charge < -0.3 is 29.2 Å². The minimum atomic E-state index is 0.245. The van der Waals surface area contributed by atoms with E-state index >= 15 is 0 Å². The van der Waals surface area contributed by atoms with Crippen LogP contribution < -0.4 is 24.4 Å². The highest BCUT2D eigenvalue weighted by Gasteiger charge is 2.17. The Morgan fingerprint density at radius 1 is 0.949 bits per heavy atom. The van der Waals surface area contributed by atoms with E-state index in [0.29, 0.717) is 64.0 Å². The van der Waals surface area contributed by atoms with Gasteiger partial charge in [0.15, 0.2) is 11.5 Å². The van der Waals surface area contributed by atoms with Gasteiger partial charge in [-0.2, -0.15) is 10.5 Å². The molecule has 2 heterocycles. The second kappa shape index (κ2) is 11.5. The number of nitrogens with zero attached hydrogens (tertiary/aromatic N) is 5. The Morgan fingerprint density at radius 3 is 2.49 bits per heavy atom. The van der Waals surface area contributed by atoms with Crippen LogP contribution in [0.4, 0.5) is 17.2 Å². The van der Waals surface area contributed by atoms with Crippen LogP contribution in [-0.4, -0.2) is 50.5 Å². The number of nitriles is 2. The maximum atomic E-state index is 10.0. The Morgan fingerprint density at radius 2 is 1.74 bits per heavy atom. The van der Waals surface area contributed by atoms with E-state index in [1.165, 1.54) is 7.11 Å². The molecule has 0 bridgehead atoms. The van der Waals surface area contributed by atoms with Gasteiger partial charge in [0.1, 0.15) is 41.4 Å². The molecule has 196 valence electrons. The first-order chi connectivity index (χ1) is 19.1. The van der Waals surface area contributed by atoms with Crippen molar-refractivity contribution in [2.45, 2.75) is 6.61 Å². The summed E-state index contributed by atoms with van der Waals surface area (Å²) in [4.78, 5) is 11.4. The molecule has 0 amide bonds. The molecule has 1 fully saturated rings. The van der Waals surface area contributed by atoms with Gasteiger partial charge in [0.2, 0.25) is 0 Å². The molecule has 5 rings (SSSR count). The molecule has 1 aliphatic heterocycles. The SMILES string of the molecule is COc1ccc(COc2ccc(Nc3ccc4ncc(N5CCOCC5)nc4c3C#N)cc2OC)cc1C#N. The zero-order valence-electron chi connectivity index (χ0n) is 21.6. The van der Waals surface area contributed by atoms with E-state index in [9.17, 15) is 10.5 Å². The minimum Gasteiger partial charge on any atom is -0.495 e. The van der Waals surface area contributed by atoms with Gasteiger partial charge in [-0.1, -0.05) is 6.07 Å². The summed E-state index contributed by atoms with van der Waals surface area (Å²) in [7, 11) is 3.09. The first kappa shape index (κ1) is 25.6. The van der Waals surface area contributed by atoms with Crippen molar-refractivity contribution in [2.24, 2.45) is 0 Å². The number of methoxy groups -OCH3 is 2. The summed E-state index contributed by atoms with van der Waals surface area (Å²) in [6.45, 7) is 2.97. The maximum Gasteiger partial charge on any atom is 0.162 e. The molecule has 39 heavy (non-hydrogen) atoms. The number of aromatic nitrogens is 2. The van der Waals surface area contributed by atoms with Crippen LogP contribution in [0.2, 0.25) is 0 Å². The largest absolute Gasteiger partial charge is 0.495 e. The van der Waals surface area contributed by atoms with Crippen molar-refractivity contribution in [1.82, 2.24) is 9.97 Å². The fourth-order valence-corrected chi connectivity index (χ4v) is 4.34. The second-order valence-corrected chi connectivity index (χ2v) is 8.72. The summed E-state index contributed by atoms with van der Waals surface area (Å²) in [5.41, 5.74) is 4.17. The Bertz CT molecular complexity index is 1590. The van der Waals surface area contributed by atoms with Gasteiger partial charge in [-0.15, -0.1) is 0 Å². The summed E-state index contributed by atoms with van der Waals surface area (Å²) < 4.78 is 22.2. The summed E-state index contributed by atoms with van der Waals surface area (Å²) in [6, 6.07) is 18.8. The lowest BCUT2D eigenvalue weighted by Crippen LogP contribution is -2.36. The minimum absolute atomic E-state index is 0.245. The predicted octanol–water partition coefficient (Wildman–Crippen LogP) is 4.55. The third kappa shape index (κ3) is 5.47. The number of ether oxygens (including phenoxy) is 4. The number of anilines is 3. The summed E-state index contributed by atoms with van der Waals surface area (Å²) >= 11 is 0. The molecule has 1 N–H and O–H groups in total. The molecule has 1 saturated heterocycles. The molecule has 0 radical (unpaired) electrons. The van der Waals surface area contributed by atoms with E-state index in [1.54, 1.807) is 37.6 Å². The standard InChI is InChI=1S/C29H26N6O4/c1-36-25-7-3-19(13-20(25)15-30)18-39-26-8-4-21(14-27(26)37-2)33-23-5-6-24-29(22(23)16-31)34-28(17-32-24)35-9-11-38-12-10-35/h3-8,13-14,17,33H,9-12,18H2,1-2H3. The number of fused-ring (bicyclic) bond motifs is 1. The molecule has 0 unspecified atom stereocenters. The molecule has 0 saturated carbocycles. The van der Waals surface area contributed by atoms with Crippen LogP contribution in [0.25, 0.3) is 11.0 Å². The number of nitrogens with one attached hydrogen (secondary N) is 1. The fourth-order valence-electron chi connectivity index (χ4n) is 4.34. The van der Waals surface area contributed by atoms with Crippen LogP contribution in [-0.2, 0) is 11.3 Å². The maximum absolute atomic E-state index is 10.0. The van der Waals surface area contributed by atoms with E-state index < -0.39 is 0 Å². The quantitative estimate of drug-likeness (QED) is 0.352. The highest BCUT2D eigenvalue weighted by molar-refractivity contribution is 5.89. The third-order valence-electron chi connectivity index (χ3n) is 6.37. The Hall–Kier alpha value is -5.06. The highest BCUT2D eigenvalue weighted by Crippen LogP contribution is 2.34. The van der Waals surface area contributed by atoms with Gasteiger partial charge in [-0.05, 0) is 42.0 Å². The number of rotatable bonds is 8. The van der Waals surface area contributed by atoms with Crippen molar-refractivity contribution < 1.29 is 18.9 Å². The average Bonchev–Trinajstić information content (AvgIpc) is 3.00. The Kier molecular flexibility index (Phi) is 7.58. The van der Waals surface area contributed by atoms with Crippen molar-refractivity contribution in [2.75, 3.05) is 50.7 Å². The molecule has 3 aromatic carbocycles. The van der Waals surface area contributed by atoms with Crippen LogP contribution in [0.5, 0.6) is 17.2 Å². The van der Waals surface area contributed by atoms with Gasteiger partial charge in [0, 0.05) is 24.8 Å². The lowest BCUT2D eigenvalue weighted by atomic mass is 10.1. The number of hydrogen-bond acceptors (Lipinski definition) is 10. The highest BCUT2D eigenvalue weighted by atomic mass is 16.5. The van der Waals surface area contributed by atoms with Crippen LogP contribution in [0, 0.1) is 22.7 Å². The van der Waals surface area contributed by atoms with Crippen molar-refractivity contribution >= 4 is 28.2 Å². The molecule has 10 heteroatoms.